The van der Waals surface area contributed by atoms with Crippen LogP contribution in [0.3, 0.4) is 0 Å². The lowest BCUT2D eigenvalue weighted by Gasteiger charge is -2.27. The summed E-state index contributed by atoms with van der Waals surface area (Å²) in [6.07, 6.45) is 1.51. The third-order valence-corrected chi connectivity index (χ3v) is 8.88. The standard InChI is InChI=1S/C27H34N4O4S2/c1-6-37(33,34)22-12-9-20(28-14-22)13-24(32)29-27-30-25-23(36-27)16-31(26(25)17(2)3)15-19-7-10-21(11-8-19)35-18(4)5/h7-12,14,17-18,26H,6,13,15-16H2,1-5H3,(H,29,30,32)/t26-/m1/s1. The number of nitrogens with zero attached hydrogens (tertiary/aromatic N) is 3. The molecule has 1 aromatic carbocycles. The molecule has 0 unspecified atom stereocenters. The quantitative estimate of drug-likeness (QED) is 0.384. The van der Waals surface area contributed by atoms with Gasteiger partial charge >= 0.3 is 0 Å². The molecular weight excluding hydrogens is 508 g/mol. The number of fused-ring (bicyclic) bond motifs is 1. The monoisotopic (exact) mass is 542 g/mol. The van der Waals surface area contributed by atoms with Crippen molar-refractivity contribution in [3.8, 4) is 5.75 Å². The lowest BCUT2D eigenvalue weighted by molar-refractivity contribution is -0.115. The summed E-state index contributed by atoms with van der Waals surface area (Å²) in [7, 11) is -3.31. The number of thiazole rings is 1. The van der Waals surface area contributed by atoms with Crippen molar-refractivity contribution in [2.24, 2.45) is 5.92 Å². The Labute approximate surface area is 223 Å². The van der Waals surface area contributed by atoms with Crippen molar-refractivity contribution in [2.75, 3.05) is 11.1 Å². The average Bonchev–Trinajstić information content (AvgIpc) is 3.36. The lowest BCUT2D eigenvalue weighted by atomic mass is 10.0. The molecule has 198 valence electrons. The summed E-state index contributed by atoms with van der Waals surface area (Å²) in [6, 6.07) is 11.5. The van der Waals surface area contributed by atoms with Crippen LogP contribution in [0, 0.1) is 5.92 Å². The van der Waals surface area contributed by atoms with Crippen molar-refractivity contribution in [3.63, 3.8) is 0 Å². The molecule has 0 radical (unpaired) electrons. The molecule has 0 bridgehead atoms. The van der Waals surface area contributed by atoms with Gasteiger partial charge in [-0.25, -0.2) is 13.4 Å². The zero-order valence-electron chi connectivity index (χ0n) is 21.9. The third-order valence-electron chi connectivity index (χ3n) is 6.18. The number of pyridine rings is 1. The summed E-state index contributed by atoms with van der Waals surface area (Å²) in [5.74, 6) is 1.02. The molecular formula is C27H34N4O4S2. The minimum Gasteiger partial charge on any atom is -0.491 e. The zero-order valence-corrected chi connectivity index (χ0v) is 23.5. The largest absolute Gasteiger partial charge is 0.491 e. The summed E-state index contributed by atoms with van der Waals surface area (Å²) in [4.78, 5) is 25.4. The van der Waals surface area contributed by atoms with Gasteiger partial charge in [0.2, 0.25) is 5.91 Å². The predicted octanol–water partition coefficient (Wildman–Crippen LogP) is 5.01. The van der Waals surface area contributed by atoms with Gasteiger partial charge in [-0.15, -0.1) is 11.3 Å². The molecule has 0 saturated heterocycles. The highest BCUT2D eigenvalue weighted by atomic mass is 32.2. The number of carbonyl (C=O) groups is 1. The van der Waals surface area contributed by atoms with Crippen LogP contribution in [0.5, 0.6) is 5.75 Å². The van der Waals surface area contributed by atoms with Gasteiger partial charge in [-0.3, -0.25) is 14.7 Å². The fourth-order valence-electron chi connectivity index (χ4n) is 4.48. The fourth-order valence-corrected chi connectivity index (χ4v) is 6.35. The van der Waals surface area contributed by atoms with Crippen LogP contribution >= 0.6 is 11.3 Å². The smallest absolute Gasteiger partial charge is 0.232 e. The second-order valence-corrected chi connectivity index (χ2v) is 13.2. The number of ether oxygens (including phenoxy) is 1. The molecule has 1 amide bonds. The first-order valence-electron chi connectivity index (χ1n) is 12.5. The van der Waals surface area contributed by atoms with Gasteiger partial charge in [0.05, 0.1) is 34.9 Å². The van der Waals surface area contributed by atoms with E-state index < -0.39 is 9.84 Å². The van der Waals surface area contributed by atoms with E-state index in [4.69, 9.17) is 9.72 Å². The van der Waals surface area contributed by atoms with Crippen LogP contribution in [0.2, 0.25) is 0 Å². The van der Waals surface area contributed by atoms with Crippen molar-refractivity contribution in [1.29, 1.82) is 0 Å². The molecule has 0 aliphatic carbocycles. The Balaban J connectivity index is 1.39. The van der Waals surface area contributed by atoms with Crippen LogP contribution in [-0.4, -0.2) is 41.0 Å². The molecule has 3 heterocycles. The van der Waals surface area contributed by atoms with Gasteiger partial charge in [-0.1, -0.05) is 32.9 Å². The minimum absolute atomic E-state index is 0.0115. The number of rotatable bonds is 10. The number of aromatic nitrogens is 2. The Hall–Kier alpha value is -2.82. The summed E-state index contributed by atoms with van der Waals surface area (Å²) < 4.78 is 29.7. The molecule has 0 spiro atoms. The van der Waals surface area contributed by atoms with Crippen molar-refractivity contribution in [2.45, 2.75) is 71.2 Å². The van der Waals surface area contributed by atoms with E-state index in [0.717, 1.165) is 24.5 Å². The van der Waals surface area contributed by atoms with Gasteiger partial charge in [0.25, 0.3) is 0 Å². The van der Waals surface area contributed by atoms with E-state index in [0.29, 0.717) is 16.7 Å². The first-order chi connectivity index (χ1) is 17.6. The van der Waals surface area contributed by atoms with E-state index in [1.54, 1.807) is 13.0 Å². The molecule has 10 heteroatoms. The fraction of sp³-hybridized carbons (Fsp3) is 0.444. The molecule has 4 rings (SSSR count). The van der Waals surface area contributed by atoms with Crippen LogP contribution in [0.1, 0.15) is 62.5 Å². The van der Waals surface area contributed by atoms with Crippen LogP contribution < -0.4 is 10.1 Å². The Bertz CT molecular complexity index is 1330. The highest BCUT2D eigenvalue weighted by molar-refractivity contribution is 7.91. The molecule has 0 fully saturated rings. The van der Waals surface area contributed by atoms with Gasteiger partial charge in [0.15, 0.2) is 15.0 Å². The Morgan fingerprint density at radius 2 is 1.89 bits per heavy atom. The van der Waals surface area contributed by atoms with Gasteiger partial charge < -0.3 is 10.1 Å². The molecule has 1 aliphatic heterocycles. The van der Waals surface area contributed by atoms with Crippen LogP contribution in [0.25, 0.3) is 0 Å². The molecule has 37 heavy (non-hydrogen) atoms. The maximum absolute atomic E-state index is 12.6. The second kappa shape index (κ2) is 11.3. The van der Waals surface area contributed by atoms with Crippen molar-refractivity contribution >= 4 is 32.2 Å². The van der Waals surface area contributed by atoms with Gasteiger partial charge in [0.1, 0.15) is 5.75 Å². The number of sulfone groups is 1. The first-order valence-corrected chi connectivity index (χ1v) is 15.0. The molecule has 3 aromatic rings. The van der Waals surface area contributed by atoms with Crippen LogP contribution in [-0.2, 0) is 34.1 Å². The van der Waals surface area contributed by atoms with Crippen molar-refractivity contribution < 1.29 is 17.9 Å². The van der Waals surface area contributed by atoms with Crippen molar-refractivity contribution in [1.82, 2.24) is 14.9 Å². The molecule has 1 N–H and O–H groups in total. The average molecular weight is 543 g/mol. The third kappa shape index (κ3) is 6.55. The number of amides is 1. The number of hydrogen-bond acceptors (Lipinski definition) is 8. The van der Waals surface area contributed by atoms with E-state index in [-0.39, 0.29) is 35.1 Å². The van der Waals surface area contributed by atoms with Crippen molar-refractivity contribution in [3.05, 3.63) is 64.4 Å². The molecule has 0 saturated carbocycles. The summed E-state index contributed by atoms with van der Waals surface area (Å²) >= 11 is 1.51. The Kier molecular flexibility index (Phi) is 8.30. The van der Waals surface area contributed by atoms with Gasteiger partial charge in [-0.2, -0.15) is 0 Å². The number of carbonyl (C=O) groups excluding carboxylic acids is 1. The molecule has 2 aromatic heterocycles. The highest BCUT2D eigenvalue weighted by Crippen LogP contribution is 2.43. The normalized spacial score (nSPS) is 15.8. The first kappa shape index (κ1) is 27.2. The Morgan fingerprint density at radius 1 is 1.16 bits per heavy atom. The highest BCUT2D eigenvalue weighted by Gasteiger charge is 2.36. The summed E-state index contributed by atoms with van der Waals surface area (Å²) in [6.45, 7) is 11.6. The number of hydrogen-bond donors (Lipinski definition) is 1. The van der Waals surface area contributed by atoms with E-state index in [1.807, 2.05) is 26.0 Å². The Morgan fingerprint density at radius 3 is 2.49 bits per heavy atom. The maximum atomic E-state index is 12.6. The zero-order chi connectivity index (χ0) is 26.7. The number of anilines is 1. The minimum atomic E-state index is -3.31. The SMILES string of the molecule is CCS(=O)(=O)c1ccc(CC(=O)Nc2nc3c(s2)CN(Cc2ccc(OC(C)C)cc2)[C@@H]3C(C)C)nc1. The number of benzene rings is 1. The van der Waals surface area contributed by atoms with Crippen LogP contribution in [0.15, 0.2) is 47.5 Å². The van der Waals surface area contributed by atoms with Gasteiger partial charge in [-0.05, 0) is 49.6 Å². The van der Waals surface area contributed by atoms with E-state index >= 15 is 0 Å². The predicted molar refractivity (Wildman–Crippen MR) is 145 cm³/mol. The molecule has 1 aliphatic rings. The molecule has 1 atom stereocenters. The molecule has 8 nitrogen and oxygen atoms in total. The van der Waals surface area contributed by atoms with Crippen LogP contribution in [0.4, 0.5) is 5.13 Å². The second-order valence-electron chi connectivity index (χ2n) is 9.85. The van der Waals surface area contributed by atoms with Gasteiger partial charge in [0, 0.05) is 29.9 Å². The lowest BCUT2D eigenvalue weighted by Crippen LogP contribution is -2.26. The summed E-state index contributed by atoms with van der Waals surface area (Å²) in [5, 5.41) is 3.48. The number of nitrogens with one attached hydrogen (secondary N) is 1. The van der Waals surface area contributed by atoms with E-state index in [2.05, 4.69) is 41.2 Å². The summed E-state index contributed by atoms with van der Waals surface area (Å²) in [5.41, 5.74) is 2.76. The topological polar surface area (TPSA) is 101 Å². The van der Waals surface area contributed by atoms with E-state index in [1.165, 1.54) is 34.0 Å². The van der Waals surface area contributed by atoms with E-state index in [9.17, 15) is 13.2 Å². The maximum Gasteiger partial charge on any atom is 0.232 e.